The Morgan fingerprint density at radius 3 is 1.71 bits per heavy atom. The highest BCUT2D eigenvalue weighted by Gasteiger charge is 2.01. The maximum atomic E-state index is 8.75. The van der Waals surface area contributed by atoms with E-state index in [1.54, 1.807) is 0 Å². The van der Waals surface area contributed by atoms with Gasteiger partial charge in [-0.2, -0.15) is 0 Å². The van der Waals surface area contributed by atoms with Gasteiger partial charge in [-0.3, -0.25) is 0 Å². The second kappa shape index (κ2) is 15.4. The normalized spacial score (nSPS) is 11.8. The number of rotatable bonds is 7. The molecule has 0 saturated heterocycles. The first-order valence-corrected chi connectivity index (χ1v) is 5.98. The summed E-state index contributed by atoms with van der Waals surface area (Å²) in [5.41, 5.74) is 0. The Kier molecular flexibility index (Phi) is 18.0. The first-order chi connectivity index (χ1) is 6.76. The molecule has 0 aromatic heterocycles. The number of hydrogen-bond donors (Lipinski definition) is 2. The number of aliphatic hydroxyl groups excluding tert-OH is 2. The second-order valence-electron chi connectivity index (χ2n) is 3.68. The van der Waals surface area contributed by atoms with E-state index in [-0.39, 0.29) is 0 Å². The van der Waals surface area contributed by atoms with Gasteiger partial charge in [-0.05, 0) is 18.8 Å². The summed E-state index contributed by atoms with van der Waals surface area (Å²) >= 11 is 0. The van der Waals surface area contributed by atoms with Gasteiger partial charge in [0.25, 0.3) is 0 Å². The van der Waals surface area contributed by atoms with Crippen LogP contribution in [-0.4, -0.2) is 23.4 Å². The van der Waals surface area contributed by atoms with Gasteiger partial charge in [0.15, 0.2) is 0 Å². The third kappa shape index (κ3) is 14.4. The lowest BCUT2D eigenvalue weighted by molar-refractivity contribution is 0.212. The van der Waals surface area contributed by atoms with E-state index in [2.05, 4.69) is 20.8 Å². The van der Waals surface area contributed by atoms with Crippen molar-refractivity contribution in [2.24, 2.45) is 5.92 Å². The molecule has 0 aromatic rings. The topological polar surface area (TPSA) is 40.5 Å². The van der Waals surface area contributed by atoms with Crippen LogP contribution in [0.1, 0.15) is 59.3 Å². The quantitative estimate of drug-likeness (QED) is 0.669. The maximum Gasteiger partial charge on any atom is 0.0459 e. The highest BCUT2D eigenvalue weighted by atomic mass is 16.3. The molecule has 1 atom stereocenters. The molecule has 0 aliphatic rings. The summed E-state index contributed by atoms with van der Waals surface area (Å²) in [6, 6.07) is 0. The van der Waals surface area contributed by atoms with Gasteiger partial charge in [-0.1, -0.05) is 46.5 Å². The van der Waals surface area contributed by atoms with E-state index in [1.165, 1.54) is 19.3 Å². The molecule has 2 N–H and O–H groups in total. The summed E-state index contributed by atoms with van der Waals surface area (Å²) in [5, 5.41) is 16.8. The van der Waals surface area contributed by atoms with Gasteiger partial charge in [-0.25, -0.2) is 0 Å². The van der Waals surface area contributed by atoms with Crippen LogP contribution in [0.5, 0.6) is 0 Å². The van der Waals surface area contributed by atoms with Gasteiger partial charge >= 0.3 is 0 Å². The lowest BCUT2D eigenvalue weighted by atomic mass is 10.0. The van der Waals surface area contributed by atoms with Crippen molar-refractivity contribution >= 4 is 0 Å². The highest BCUT2D eigenvalue weighted by Crippen LogP contribution is 2.10. The summed E-state index contributed by atoms with van der Waals surface area (Å²) in [6.45, 7) is 7.09. The lowest BCUT2D eigenvalue weighted by Crippen LogP contribution is -2.03. The van der Waals surface area contributed by atoms with Crippen molar-refractivity contribution in [3.63, 3.8) is 0 Å². The molecule has 2 nitrogen and oxygen atoms in total. The molecule has 0 heterocycles. The molecule has 1 unspecified atom stereocenters. The van der Waals surface area contributed by atoms with E-state index in [4.69, 9.17) is 10.2 Å². The second-order valence-corrected chi connectivity index (χ2v) is 3.68. The minimum Gasteiger partial charge on any atom is -0.396 e. The predicted octanol–water partition coefficient (Wildman–Crippen LogP) is 2.97. The summed E-state index contributed by atoms with van der Waals surface area (Å²) in [4.78, 5) is 0. The van der Waals surface area contributed by atoms with Crippen molar-refractivity contribution in [2.45, 2.75) is 59.3 Å². The van der Waals surface area contributed by atoms with Gasteiger partial charge in [0, 0.05) is 13.2 Å². The van der Waals surface area contributed by atoms with E-state index < -0.39 is 0 Å². The summed E-state index contributed by atoms with van der Waals surface area (Å²) < 4.78 is 0. The molecule has 0 aliphatic heterocycles. The predicted molar refractivity (Wildman–Crippen MR) is 62.4 cm³/mol. The van der Waals surface area contributed by atoms with E-state index in [0.29, 0.717) is 19.1 Å². The Morgan fingerprint density at radius 2 is 1.50 bits per heavy atom. The first-order valence-electron chi connectivity index (χ1n) is 5.98. The Labute approximate surface area is 89.3 Å². The Morgan fingerprint density at radius 1 is 0.929 bits per heavy atom. The largest absolute Gasteiger partial charge is 0.396 e. The number of unbranched alkanes of at least 4 members (excludes halogenated alkanes) is 2. The molecule has 0 aliphatic carbocycles. The van der Waals surface area contributed by atoms with Crippen LogP contribution >= 0.6 is 0 Å². The molecule has 0 radical (unpaired) electrons. The smallest absolute Gasteiger partial charge is 0.0459 e. The van der Waals surface area contributed by atoms with Crippen LogP contribution < -0.4 is 0 Å². The van der Waals surface area contributed by atoms with Gasteiger partial charge in [-0.15, -0.1) is 0 Å². The van der Waals surface area contributed by atoms with E-state index in [0.717, 1.165) is 19.3 Å². The maximum absolute atomic E-state index is 8.75. The van der Waals surface area contributed by atoms with Crippen LogP contribution in [0.15, 0.2) is 0 Å². The third-order valence-electron chi connectivity index (χ3n) is 2.31. The van der Waals surface area contributed by atoms with E-state index in [1.807, 2.05) is 0 Å². The summed E-state index contributed by atoms with van der Waals surface area (Å²) in [5.74, 6) is 0.560. The Hall–Kier alpha value is -0.0800. The first kappa shape index (κ1) is 16.4. The zero-order valence-electron chi connectivity index (χ0n) is 10.1. The van der Waals surface area contributed by atoms with Crippen molar-refractivity contribution in [3.05, 3.63) is 0 Å². The van der Waals surface area contributed by atoms with E-state index in [9.17, 15) is 0 Å². The van der Waals surface area contributed by atoms with Crippen molar-refractivity contribution < 1.29 is 10.2 Å². The molecule has 0 amide bonds. The van der Waals surface area contributed by atoms with Crippen LogP contribution in [0.25, 0.3) is 0 Å². The average Bonchev–Trinajstić information content (AvgIpc) is 2.22. The SMILES string of the molecule is CCCCC(CC)CO.CCCCO. The van der Waals surface area contributed by atoms with Crippen molar-refractivity contribution in [3.8, 4) is 0 Å². The zero-order valence-corrected chi connectivity index (χ0v) is 10.1. The fourth-order valence-electron chi connectivity index (χ4n) is 1.08. The highest BCUT2D eigenvalue weighted by molar-refractivity contribution is 4.53. The fraction of sp³-hybridized carbons (Fsp3) is 1.00. The minimum absolute atomic E-state index is 0.344. The molecule has 0 spiro atoms. The van der Waals surface area contributed by atoms with Crippen molar-refractivity contribution in [2.75, 3.05) is 13.2 Å². The van der Waals surface area contributed by atoms with Gasteiger partial charge in [0.1, 0.15) is 0 Å². The Balaban J connectivity index is 0. The molecule has 14 heavy (non-hydrogen) atoms. The Bertz CT molecular complexity index is 78.4. The molecular formula is C12H28O2. The van der Waals surface area contributed by atoms with Crippen molar-refractivity contribution in [1.82, 2.24) is 0 Å². The van der Waals surface area contributed by atoms with Crippen LogP contribution in [0, 0.1) is 5.92 Å². The fourth-order valence-corrected chi connectivity index (χ4v) is 1.08. The van der Waals surface area contributed by atoms with Crippen LogP contribution in [0.3, 0.4) is 0 Å². The lowest BCUT2D eigenvalue weighted by Gasteiger charge is -2.08. The van der Waals surface area contributed by atoms with Crippen LogP contribution in [-0.2, 0) is 0 Å². The van der Waals surface area contributed by atoms with E-state index >= 15 is 0 Å². The van der Waals surface area contributed by atoms with Gasteiger partial charge in [0.2, 0.25) is 0 Å². The molecular weight excluding hydrogens is 176 g/mol. The van der Waals surface area contributed by atoms with Crippen molar-refractivity contribution in [1.29, 1.82) is 0 Å². The third-order valence-corrected chi connectivity index (χ3v) is 2.31. The molecule has 2 heteroatoms. The number of aliphatic hydroxyl groups is 2. The molecule has 0 bridgehead atoms. The summed E-state index contributed by atoms with van der Waals surface area (Å²) in [7, 11) is 0. The molecule has 0 aromatic carbocycles. The standard InChI is InChI=1S/C8H18O.C4H10O/c1-3-5-6-8(4-2)7-9;1-2-3-4-5/h8-9H,3-7H2,1-2H3;5H,2-4H2,1H3. The van der Waals surface area contributed by atoms with Crippen LogP contribution in [0.2, 0.25) is 0 Å². The average molecular weight is 204 g/mol. The molecule has 88 valence electrons. The summed E-state index contributed by atoms with van der Waals surface area (Å²) in [6.07, 6.45) is 6.87. The van der Waals surface area contributed by atoms with Crippen LogP contribution in [0.4, 0.5) is 0 Å². The number of hydrogen-bond acceptors (Lipinski definition) is 2. The van der Waals surface area contributed by atoms with Gasteiger partial charge < -0.3 is 10.2 Å². The van der Waals surface area contributed by atoms with Gasteiger partial charge in [0.05, 0.1) is 0 Å². The molecule has 0 rings (SSSR count). The zero-order chi connectivity index (χ0) is 11.2. The monoisotopic (exact) mass is 204 g/mol. The molecule has 0 fully saturated rings. The molecule has 0 saturated carbocycles. The minimum atomic E-state index is 0.344.